The van der Waals surface area contributed by atoms with Gasteiger partial charge in [0, 0.05) is 30.6 Å². The highest BCUT2D eigenvalue weighted by molar-refractivity contribution is 7.89. The summed E-state index contributed by atoms with van der Waals surface area (Å²) in [7, 11) is -1.95. The highest BCUT2D eigenvalue weighted by Gasteiger charge is 2.29. The summed E-state index contributed by atoms with van der Waals surface area (Å²) in [6.45, 7) is 3.27. The maximum Gasteiger partial charge on any atom is 0.256 e. The lowest BCUT2D eigenvalue weighted by Gasteiger charge is -2.25. The first kappa shape index (κ1) is 22.9. The molecule has 2 amide bonds. The van der Waals surface area contributed by atoms with Crippen molar-refractivity contribution in [2.45, 2.75) is 50.3 Å². The lowest BCUT2D eigenvalue weighted by Crippen LogP contribution is -2.35. The zero-order valence-corrected chi connectivity index (χ0v) is 20.1. The van der Waals surface area contributed by atoms with E-state index in [0.29, 0.717) is 35.1 Å². The Bertz CT molecular complexity index is 1120. The van der Waals surface area contributed by atoms with Gasteiger partial charge in [0.2, 0.25) is 10.0 Å². The van der Waals surface area contributed by atoms with E-state index in [4.69, 9.17) is 0 Å². The van der Waals surface area contributed by atoms with E-state index in [-0.39, 0.29) is 16.7 Å². The fraction of sp³-hybridized carbons (Fsp3) is 0.478. The smallest absolute Gasteiger partial charge is 0.256 e. The Morgan fingerprint density at radius 3 is 2.41 bits per heavy atom. The molecule has 9 heteroatoms. The third-order valence-electron chi connectivity index (χ3n) is 6.26. The van der Waals surface area contributed by atoms with Gasteiger partial charge < -0.3 is 10.6 Å². The first-order valence-corrected chi connectivity index (χ1v) is 13.3. The first-order valence-electron chi connectivity index (χ1n) is 11.1. The van der Waals surface area contributed by atoms with Crippen LogP contribution >= 0.6 is 11.3 Å². The Hall–Kier alpha value is -2.23. The molecule has 2 aliphatic rings. The van der Waals surface area contributed by atoms with Crippen molar-refractivity contribution >= 4 is 38.2 Å². The minimum absolute atomic E-state index is 0.197. The van der Waals surface area contributed by atoms with E-state index >= 15 is 0 Å². The van der Waals surface area contributed by atoms with Crippen molar-refractivity contribution in [2.75, 3.05) is 25.5 Å². The zero-order chi connectivity index (χ0) is 22.9. The first-order chi connectivity index (χ1) is 15.3. The standard InChI is InChI=1S/C23H29N3O4S2/c1-15-6-11-18-19(14-15)31-23(20(18)22(28)24-2)25-21(27)16-7-9-17(10-8-16)32(29,30)26-12-4-3-5-13-26/h7-10,15H,3-6,11-14H2,1-2H3,(H,24,28)(H,25,27). The van der Waals surface area contributed by atoms with Crippen molar-refractivity contribution in [3.05, 3.63) is 45.8 Å². The summed E-state index contributed by atoms with van der Waals surface area (Å²) in [6, 6.07) is 6.03. The molecule has 1 saturated heterocycles. The van der Waals surface area contributed by atoms with Gasteiger partial charge in [0.15, 0.2) is 0 Å². The molecule has 7 nitrogen and oxygen atoms in total. The van der Waals surface area contributed by atoms with Crippen LogP contribution in [0, 0.1) is 5.92 Å². The van der Waals surface area contributed by atoms with Gasteiger partial charge in [0.25, 0.3) is 11.8 Å². The summed E-state index contributed by atoms with van der Waals surface area (Å²) < 4.78 is 27.2. The molecule has 1 aliphatic heterocycles. The second kappa shape index (κ2) is 9.33. The maximum absolute atomic E-state index is 12.9. The molecule has 4 rings (SSSR count). The molecule has 1 unspecified atom stereocenters. The van der Waals surface area contributed by atoms with E-state index in [9.17, 15) is 18.0 Å². The number of sulfonamides is 1. The van der Waals surface area contributed by atoms with E-state index in [1.807, 2.05) is 0 Å². The second-order valence-corrected chi connectivity index (χ2v) is 11.6. The van der Waals surface area contributed by atoms with E-state index < -0.39 is 10.0 Å². The number of benzene rings is 1. The molecule has 1 aliphatic carbocycles. The number of fused-ring (bicyclic) bond motifs is 1. The van der Waals surface area contributed by atoms with Crippen LogP contribution in [0.5, 0.6) is 0 Å². The minimum Gasteiger partial charge on any atom is -0.355 e. The van der Waals surface area contributed by atoms with Gasteiger partial charge in [0.05, 0.1) is 10.5 Å². The normalized spacial score (nSPS) is 19.2. The van der Waals surface area contributed by atoms with Crippen molar-refractivity contribution in [1.82, 2.24) is 9.62 Å². The van der Waals surface area contributed by atoms with Crippen molar-refractivity contribution in [2.24, 2.45) is 5.92 Å². The molecular weight excluding hydrogens is 446 g/mol. The Morgan fingerprint density at radius 2 is 1.75 bits per heavy atom. The molecule has 2 heterocycles. The van der Waals surface area contributed by atoms with Crippen molar-refractivity contribution in [1.29, 1.82) is 0 Å². The molecule has 2 N–H and O–H groups in total. The summed E-state index contributed by atoms with van der Waals surface area (Å²) in [5, 5.41) is 6.13. The highest BCUT2D eigenvalue weighted by atomic mass is 32.2. The Labute approximate surface area is 193 Å². The number of thiophene rings is 1. The SMILES string of the molecule is CNC(=O)c1c(NC(=O)c2ccc(S(=O)(=O)N3CCCCC3)cc2)sc2c1CCC(C)C2. The van der Waals surface area contributed by atoms with Crippen LogP contribution in [0.4, 0.5) is 5.00 Å². The molecule has 0 radical (unpaired) electrons. The van der Waals surface area contributed by atoms with Gasteiger partial charge in [-0.25, -0.2) is 8.42 Å². The number of rotatable bonds is 5. The van der Waals surface area contributed by atoms with Crippen LogP contribution in [0.1, 0.15) is 63.8 Å². The molecule has 0 saturated carbocycles. The summed E-state index contributed by atoms with van der Waals surface area (Å²) in [5.74, 6) is -0.00400. The fourth-order valence-electron chi connectivity index (χ4n) is 4.41. The predicted octanol–water partition coefficient (Wildman–Crippen LogP) is 3.66. The maximum atomic E-state index is 12.9. The summed E-state index contributed by atoms with van der Waals surface area (Å²) in [4.78, 5) is 26.8. The Morgan fingerprint density at radius 1 is 1.06 bits per heavy atom. The summed E-state index contributed by atoms with van der Waals surface area (Å²) in [5.41, 5.74) is 1.94. The van der Waals surface area contributed by atoms with Gasteiger partial charge in [0.1, 0.15) is 5.00 Å². The predicted molar refractivity (Wildman–Crippen MR) is 126 cm³/mol. The molecule has 2 aromatic rings. The van der Waals surface area contributed by atoms with E-state index in [1.54, 1.807) is 7.05 Å². The van der Waals surface area contributed by atoms with Gasteiger partial charge in [-0.3, -0.25) is 9.59 Å². The van der Waals surface area contributed by atoms with E-state index in [2.05, 4.69) is 17.6 Å². The number of hydrogen-bond acceptors (Lipinski definition) is 5. The van der Waals surface area contributed by atoms with Gasteiger partial charge in [-0.15, -0.1) is 11.3 Å². The molecule has 1 atom stereocenters. The largest absolute Gasteiger partial charge is 0.355 e. The van der Waals surface area contributed by atoms with Crippen LogP contribution in [0.3, 0.4) is 0 Å². The minimum atomic E-state index is -3.54. The molecular formula is C23H29N3O4S2. The number of nitrogens with zero attached hydrogens (tertiary/aromatic N) is 1. The topological polar surface area (TPSA) is 95.6 Å². The second-order valence-electron chi connectivity index (χ2n) is 8.58. The summed E-state index contributed by atoms with van der Waals surface area (Å²) >= 11 is 1.46. The van der Waals surface area contributed by atoms with Crippen LogP contribution in [-0.4, -0.2) is 44.7 Å². The highest BCUT2D eigenvalue weighted by Crippen LogP contribution is 2.39. The monoisotopic (exact) mass is 475 g/mol. The molecule has 0 bridgehead atoms. The molecule has 172 valence electrons. The zero-order valence-electron chi connectivity index (χ0n) is 18.4. The van der Waals surface area contributed by atoms with Crippen molar-refractivity contribution in [3.63, 3.8) is 0 Å². The van der Waals surface area contributed by atoms with Crippen LogP contribution in [0.15, 0.2) is 29.2 Å². The number of piperidine rings is 1. The van der Waals surface area contributed by atoms with Gasteiger partial charge in [-0.2, -0.15) is 4.31 Å². The van der Waals surface area contributed by atoms with Gasteiger partial charge in [-0.1, -0.05) is 13.3 Å². The Kier molecular flexibility index (Phi) is 6.69. The van der Waals surface area contributed by atoms with Crippen molar-refractivity contribution < 1.29 is 18.0 Å². The number of anilines is 1. The van der Waals surface area contributed by atoms with E-state index in [1.165, 1.54) is 39.9 Å². The number of carbonyl (C=O) groups is 2. The van der Waals surface area contributed by atoms with Gasteiger partial charge >= 0.3 is 0 Å². The number of hydrogen-bond donors (Lipinski definition) is 2. The average Bonchev–Trinajstić information content (AvgIpc) is 3.15. The average molecular weight is 476 g/mol. The van der Waals surface area contributed by atoms with Crippen LogP contribution < -0.4 is 10.6 Å². The van der Waals surface area contributed by atoms with Crippen LogP contribution in [-0.2, 0) is 22.9 Å². The van der Waals surface area contributed by atoms with Crippen LogP contribution in [0.2, 0.25) is 0 Å². The third kappa shape index (κ3) is 4.46. The number of amides is 2. The van der Waals surface area contributed by atoms with E-state index in [0.717, 1.165) is 49.0 Å². The molecule has 1 aromatic carbocycles. The summed E-state index contributed by atoms with van der Waals surface area (Å²) in [6.07, 6.45) is 5.55. The number of nitrogens with one attached hydrogen (secondary N) is 2. The Balaban J connectivity index is 1.55. The fourth-order valence-corrected chi connectivity index (χ4v) is 7.33. The quantitative estimate of drug-likeness (QED) is 0.690. The molecule has 1 fully saturated rings. The molecule has 32 heavy (non-hydrogen) atoms. The molecule has 1 aromatic heterocycles. The third-order valence-corrected chi connectivity index (χ3v) is 9.34. The lowest BCUT2D eigenvalue weighted by molar-refractivity contribution is 0.0963. The number of carbonyl (C=O) groups excluding carboxylic acids is 2. The lowest BCUT2D eigenvalue weighted by atomic mass is 9.88. The van der Waals surface area contributed by atoms with Crippen LogP contribution in [0.25, 0.3) is 0 Å². The van der Waals surface area contributed by atoms with Crippen molar-refractivity contribution in [3.8, 4) is 0 Å². The van der Waals surface area contributed by atoms with Gasteiger partial charge in [-0.05, 0) is 67.9 Å². The molecule has 0 spiro atoms.